The van der Waals surface area contributed by atoms with E-state index in [0.29, 0.717) is 26.3 Å². The van der Waals surface area contributed by atoms with Crippen molar-refractivity contribution in [1.82, 2.24) is 15.5 Å². The fourth-order valence-corrected chi connectivity index (χ4v) is 2.51. The third-order valence-corrected chi connectivity index (χ3v) is 3.68. The third-order valence-electron chi connectivity index (χ3n) is 3.68. The van der Waals surface area contributed by atoms with Gasteiger partial charge in [0.25, 0.3) is 0 Å². The maximum Gasteiger partial charge on any atom is 0.245 e. The molecule has 2 atom stereocenters. The molecule has 2 fully saturated rings. The lowest BCUT2D eigenvalue weighted by molar-refractivity contribution is -0.139. The maximum absolute atomic E-state index is 12.2. The Morgan fingerprint density at radius 1 is 1.32 bits per heavy atom. The molecule has 0 aliphatic carbocycles. The predicted octanol–water partition coefficient (Wildman–Crippen LogP) is -0.508. The maximum atomic E-state index is 12.2. The number of hydrogen-bond donors (Lipinski definition) is 2. The van der Waals surface area contributed by atoms with Crippen LogP contribution in [0.25, 0.3) is 0 Å². The van der Waals surface area contributed by atoms with Crippen LogP contribution in [-0.2, 0) is 14.3 Å². The molecule has 0 radical (unpaired) electrons. The first-order valence-electron chi connectivity index (χ1n) is 7.09. The van der Waals surface area contributed by atoms with Crippen LogP contribution in [0.3, 0.4) is 0 Å². The summed E-state index contributed by atoms with van der Waals surface area (Å²) < 4.78 is 5.21. The molecule has 2 heterocycles. The van der Waals surface area contributed by atoms with Crippen LogP contribution in [0.4, 0.5) is 0 Å². The van der Waals surface area contributed by atoms with E-state index in [1.165, 1.54) is 0 Å². The molecule has 2 amide bonds. The van der Waals surface area contributed by atoms with Gasteiger partial charge in [0, 0.05) is 13.1 Å². The van der Waals surface area contributed by atoms with Gasteiger partial charge in [-0.2, -0.15) is 0 Å². The summed E-state index contributed by atoms with van der Waals surface area (Å²) >= 11 is 0. The van der Waals surface area contributed by atoms with Gasteiger partial charge < -0.3 is 20.3 Å². The van der Waals surface area contributed by atoms with Crippen molar-refractivity contribution in [2.24, 2.45) is 0 Å². The van der Waals surface area contributed by atoms with Gasteiger partial charge >= 0.3 is 0 Å². The molecule has 19 heavy (non-hydrogen) atoms. The SMILES string of the molecule is CC(NC(=O)C1CCCCN1)C(=O)N1CCOCC1. The monoisotopic (exact) mass is 269 g/mol. The molecule has 2 saturated heterocycles. The molecule has 0 aromatic carbocycles. The van der Waals surface area contributed by atoms with Crippen molar-refractivity contribution in [3.63, 3.8) is 0 Å². The van der Waals surface area contributed by atoms with E-state index in [4.69, 9.17) is 4.74 Å². The molecule has 0 spiro atoms. The standard InChI is InChI=1S/C13H23N3O3/c1-10(13(18)16-6-8-19-9-7-16)15-12(17)11-4-2-3-5-14-11/h10-11,14H,2-9H2,1H3,(H,15,17). The van der Waals surface area contributed by atoms with Gasteiger partial charge in [-0.3, -0.25) is 9.59 Å². The molecule has 2 aliphatic heterocycles. The quantitative estimate of drug-likeness (QED) is 0.724. The Morgan fingerprint density at radius 2 is 2.05 bits per heavy atom. The van der Waals surface area contributed by atoms with Crippen molar-refractivity contribution in [2.75, 3.05) is 32.8 Å². The summed E-state index contributed by atoms with van der Waals surface area (Å²) in [4.78, 5) is 25.9. The Morgan fingerprint density at radius 3 is 2.68 bits per heavy atom. The molecule has 6 nitrogen and oxygen atoms in total. The van der Waals surface area contributed by atoms with Crippen LogP contribution in [0.5, 0.6) is 0 Å². The Bertz CT molecular complexity index is 323. The van der Waals surface area contributed by atoms with E-state index in [2.05, 4.69) is 10.6 Å². The molecular weight excluding hydrogens is 246 g/mol. The van der Waals surface area contributed by atoms with Crippen molar-refractivity contribution in [3.05, 3.63) is 0 Å². The van der Waals surface area contributed by atoms with E-state index < -0.39 is 6.04 Å². The van der Waals surface area contributed by atoms with Gasteiger partial charge in [0.1, 0.15) is 6.04 Å². The average molecular weight is 269 g/mol. The average Bonchev–Trinajstić information content (AvgIpc) is 2.48. The van der Waals surface area contributed by atoms with Crippen LogP contribution < -0.4 is 10.6 Å². The number of amides is 2. The number of nitrogens with one attached hydrogen (secondary N) is 2. The molecule has 0 aromatic rings. The van der Waals surface area contributed by atoms with Gasteiger partial charge in [-0.25, -0.2) is 0 Å². The highest BCUT2D eigenvalue weighted by Gasteiger charge is 2.27. The van der Waals surface area contributed by atoms with Crippen molar-refractivity contribution < 1.29 is 14.3 Å². The zero-order valence-electron chi connectivity index (χ0n) is 11.5. The van der Waals surface area contributed by atoms with E-state index in [9.17, 15) is 9.59 Å². The van der Waals surface area contributed by atoms with Crippen molar-refractivity contribution in [1.29, 1.82) is 0 Å². The number of piperidine rings is 1. The summed E-state index contributed by atoms with van der Waals surface area (Å²) in [5.74, 6) is -0.0822. The topological polar surface area (TPSA) is 70.7 Å². The second kappa shape index (κ2) is 6.86. The highest BCUT2D eigenvalue weighted by Crippen LogP contribution is 2.07. The fraction of sp³-hybridized carbons (Fsp3) is 0.846. The van der Waals surface area contributed by atoms with Crippen LogP contribution in [0.2, 0.25) is 0 Å². The molecule has 2 unspecified atom stereocenters. The van der Waals surface area contributed by atoms with E-state index in [0.717, 1.165) is 25.8 Å². The summed E-state index contributed by atoms with van der Waals surface area (Å²) in [6.07, 6.45) is 3.03. The van der Waals surface area contributed by atoms with Crippen molar-refractivity contribution in [3.8, 4) is 0 Å². The molecule has 2 N–H and O–H groups in total. The van der Waals surface area contributed by atoms with E-state index >= 15 is 0 Å². The molecule has 0 aromatic heterocycles. The Kier molecular flexibility index (Phi) is 5.15. The molecular formula is C13H23N3O3. The lowest BCUT2D eigenvalue weighted by Gasteiger charge is -2.30. The largest absolute Gasteiger partial charge is 0.378 e. The number of carbonyl (C=O) groups is 2. The van der Waals surface area contributed by atoms with Gasteiger partial charge in [0.2, 0.25) is 11.8 Å². The van der Waals surface area contributed by atoms with Gasteiger partial charge in [0.15, 0.2) is 0 Å². The van der Waals surface area contributed by atoms with Gasteiger partial charge in [-0.15, -0.1) is 0 Å². The molecule has 2 rings (SSSR count). The predicted molar refractivity (Wildman–Crippen MR) is 70.6 cm³/mol. The summed E-state index contributed by atoms with van der Waals surface area (Å²) in [7, 11) is 0. The highest BCUT2D eigenvalue weighted by atomic mass is 16.5. The van der Waals surface area contributed by atoms with Gasteiger partial charge in [-0.1, -0.05) is 6.42 Å². The molecule has 108 valence electrons. The first-order valence-corrected chi connectivity index (χ1v) is 7.09. The first-order chi connectivity index (χ1) is 9.18. The Labute approximate surface area is 113 Å². The van der Waals surface area contributed by atoms with Gasteiger partial charge in [-0.05, 0) is 26.3 Å². The molecule has 6 heteroatoms. The first kappa shape index (κ1) is 14.3. The molecule has 2 aliphatic rings. The van der Waals surface area contributed by atoms with Crippen LogP contribution in [0.15, 0.2) is 0 Å². The highest BCUT2D eigenvalue weighted by molar-refractivity contribution is 5.89. The zero-order chi connectivity index (χ0) is 13.7. The number of carbonyl (C=O) groups excluding carboxylic acids is 2. The second-order valence-corrected chi connectivity index (χ2v) is 5.17. The van der Waals surface area contributed by atoms with Crippen LogP contribution in [0, 0.1) is 0 Å². The third kappa shape index (κ3) is 3.91. The van der Waals surface area contributed by atoms with Crippen molar-refractivity contribution >= 4 is 11.8 Å². The lowest BCUT2D eigenvalue weighted by atomic mass is 10.0. The molecule has 0 saturated carbocycles. The number of rotatable bonds is 3. The van der Waals surface area contributed by atoms with Gasteiger partial charge in [0.05, 0.1) is 19.3 Å². The smallest absolute Gasteiger partial charge is 0.245 e. The normalized spacial score (nSPS) is 25.7. The van der Waals surface area contributed by atoms with Crippen LogP contribution in [0.1, 0.15) is 26.2 Å². The van der Waals surface area contributed by atoms with E-state index in [1.54, 1.807) is 11.8 Å². The fourth-order valence-electron chi connectivity index (χ4n) is 2.51. The summed E-state index contributed by atoms with van der Waals surface area (Å²) in [5.41, 5.74) is 0. The number of ether oxygens (including phenoxy) is 1. The minimum absolute atomic E-state index is 0.0209. The summed E-state index contributed by atoms with van der Waals surface area (Å²) in [6, 6.07) is -0.608. The minimum Gasteiger partial charge on any atom is -0.378 e. The molecule has 0 bridgehead atoms. The number of nitrogens with zero attached hydrogens (tertiary/aromatic N) is 1. The second-order valence-electron chi connectivity index (χ2n) is 5.17. The Balaban J connectivity index is 1.80. The minimum atomic E-state index is -0.464. The Hall–Kier alpha value is -1.14. The number of hydrogen-bond acceptors (Lipinski definition) is 4. The van der Waals surface area contributed by atoms with Crippen LogP contribution >= 0.6 is 0 Å². The lowest BCUT2D eigenvalue weighted by Crippen LogP contribution is -2.54. The van der Waals surface area contributed by atoms with E-state index in [1.807, 2.05) is 0 Å². The number of morpholine rings is 1. The van der Waals surface area contributed by atoms with Crippen molar-refractivity contribution in [2.45, 2.75) is 38.3 Å². The van der Waals surface area contributed by atoms with Crippen LogP contribution in [-0.4, -0.2) is 61.6 Å². The van der Waals surface area contributed by atoms with E-state index in [-0.39, 0.29) is 17.9 Å². The summed E-state index contributed by atoms with van der Waals surface area (Å²) in [5, 5.41) is 6.00. The summed E-state index contributed by atoms with van der Waals surface area (Å²) in [6.45, 7) is 5.01. The zero-order valence-corrected chi connectivity index (χ0v) is 11.5.